The normalized spacial score (nSPS) is 11.0. The number of hydrogen-bond donors (Lipinski definition) is 2. The maximum absolute atomic E-state index is 12.8. The Balaban J connectivity index is 0.000000334. The van der Waals surface area contributed by atoms with Crippen LogP contribution in [0.4, 0.5) is 0 Å². The van der Waals surface area contributed by atoms with Crippen molar-refractivity contribution in [3.05, 3.63) is 125 Å². The zero-order valence-corrected chi connectivity index (χ0v) is 41.4. The van der Waals surface area contributed by atoms with Gasteiger partial charge in [-0.15, -0.1) is 5.46 Å². The third-order valence-electron chi connectivity index (χ3n) is 12.3. The van der Waals surface area contributed by atoms with Crippen LogP contribution in [0.2, 0.25) is 0 Å². The minimum absolute atomic E-state index is 0.269. The van der Waals surface area contributed by atoms with Crippen LogP contribution in [0, 0.1) is 27.7 Å². The quantitative estimate of drug-likeness (QED) is 0.0644. The summed E-state index contributed by atoms with van der Waals surface area (Å²) in [6.07, 6.45) is 16.5. The van der Waals surface area contributed by atoms with Gasteiger partial charge in [0.25, 0.3) is 0 Å². The molecule has 5 aromatic carbocycles. The highest BCUT2D eigenvalue weighted by molar-refractivity contribution is 6.58. The van der Waals surface area contributed by atoms with Crippen LogP contribution in [0.15, 0.2) is 103 Å². The largest absolute Gasteiger partial charge is 0.889 e. The third kappa shape index (κ3) is 18.2. The molecule has 0 saturated carbocycles. The maximum Gasteiger partial charge on any atom is 0.0770 e. The molecule has 0 saturated heterocycles. The van der Waals surface area contributed by atoms with E-state index in [2.05, 4.69) is 135 Å². The van der Waals surface area contributed by atoms with Crippen molar-refractivity contribution in [2.45, 2.75) is 146 Å². The van der Waals surface area contributed by atoms with E-state index in [1.54, 1.807) is 0 Å². The first kappa shape index (κ1) is 53.3. The molecule has 0 spiro atoms. The van der Waals surface area contributed by atoms with Crippen molar-refractivity contribution in [1.82, 2.24) is 0 Å². The lowest BCUT2D eigenvalue weighted by molar-refractivity contribution is -0.900. The summed E-state index contributed by atoms with van der Waals surface area (Å²) in [6.45, 7) is 30.4. The Kier molecular flexibility index (Phi) is 25.6. The van der Waals surface area contributed by atoms with Crippen molar-refractivity contribution < 1.29 is 19.8 Å². The van der Waals surface area contributed by atoms with Crippen LogP contribution >= 0.6 is 0 Å². The number of benzene rings is 5. The third-order valence-corrected chi connectivity index (χ3v) is 12.3. The monoisotopic (exact) mass is 853 g/mol. The van der Waals surface area contributed by atoms with E-state index >= 15 is 0 Å². The highest BCUT2D eigenvalue weighted by Gasteiger charge is 2.22. The summed E-state index contributed by atoms with van der Waals surface area (Å²) in [7, 11) is -2.13. The van der Waals surface area contributed by atoms with Gasteiger partial charge in [0.2, 0.25) is 0 Å². The zero-order valence-electron chi connectivity index (χ0n) is 41.4. The SMILES string of the molecule is CCCC[NH+](CCCC)CCCC.CCCC[NH+](CCCC)CCCC.Cc1ccc(-c2cc(B([O-])[O-])c(-c3ccc(C)cc3)c(-c3ccc(C)cc3)c2-c2ccc(C)cc2)cc1. The first-order valence-electron chi connectivity index (χ1n) is 25.0. The molecule has 5 aromatic rings. The molecule has 5 heteroatoms. The second-order valence-electron chi connectivity index (χ2n) is 18.1. The minimum Gasteiger partial charge on any atom is -0.889 e. The Morgan fingerprint density at radius 2 is 0.603 bits per heavy atom. The fraction of sp³-hybridized carbons (Fsp3) is 0.483. The van der Waals surface area contributed by atoms with Crippen LogP contribution in [0.25, 0.3) is 44.5 Å². The van der Waals surface area contributed by atoms with Gasteiger partial charge in [-0.1, -0.05) is 213 Å². The van der Waals surface area contributed by atoms with Gasteiger partial charge in [-0.25, -0.2) is 0 Å². The summed E-state index contributed by atoms with van der Waals surface area (Å²) in [5.41, 5.74) is 12.3. The van der Waals surface area contributed by atoms with Crippen molar-refractivity contribution in [2.75, 3.05) is 39.3 Å². The van der Waals surface area contributed by atoms with Crippen LogP contribution in [0.3, 0.4) is 0 Å². The summed E-state index contributed by atoms with van der Waals surface area (Å²) in [5, 5.41) is 25.6. The molecule has 0 unspecified atom stereocenters. The molecule has 0 atom stereocenters. The summed E-state index contributed by atoms with van der Waals surface area (Å²) in [6, 6.07) is 35.0. The van der Waals surface area contributed by atoms with Crippen LogP contribution in [-0.2, 0) is 0 Å². The Bertz CT molecular complexity index is 1890. The fourth-order valence-electron chi connectivity index (χ4n) is 8.22. The van der Waals surface area contributed by atoms with E-state index in [0.29, 0.717) is 5.56 Å². The van der Waals surface area contributed by atoms with E-state index in [1.165, 1.54) is 122 Å². The molecule has 5 rings (SSSR count). The van der Waals surface area contributed by atoms with Gasteiger partial charge in [0.1, 0.15) is 0 Å². The molecule has 4 nitrogen and oxygen atoms in total. The van der Waals surface area contributed by atoms with Crippen molar-refractivity contribution >= 4 is 12.6 Å². The van der Waals surface area contributed by atoms with Gasteiger partial charge >= 0.3 is 0 Å². The first-order valence-corrected chi connectivity index (χ1v) is 25.0. The highest BCUT2D eigenvalue weighted by atomic mass is 16.4. The first-order chi connectivity index (χ1) is 30.5. The lowest BCUT2D eigenvalue weighted by atomic mass is 9.69. The van der Waals surface area contributed by atoms with E-state index in [1.807, 2.05) is 47.1 Å². The van der Waals surface area contributed by atoms with Crippen LogP contribution in [0.1, 0.15) is 141 Å². The molecule has 0 aliphatic rings. The number of aryl methyl sites for hydroxylation is 4. The van der Waals surface area contributed by atoms with Gasteiger partial charge in [0.05, 0.1) is 39.3 Å². The van der Waals surface area contributed by atoms with Crippen LogP contribution < -0.4 is 25.3 Å². The molecule has 0 fully saturated rings. The van der Waals surface area contributed by atoms with Gasteiger partial charge in [0, 0.05) is 0 Å². The molecular formula is C58H85BN2O2. The number of unbranched alkanes of at least 4 members (excludes halogenated alkanes) is 6. The second kappa shape index (κ2) is 30.2. The van der Waals surface area contributed by atoms with Crippen molar-refractivity contribution in [3.8, 4) is 44.5 Å². The predicted molar refractivity (Wildman–Crippen MR) is 273 cm³/mol. The maximum atomic E-state index is 12.8. The van der Waals surface area contributed by atoms with Gasteiger partial charge in [-0.3, -0.25) is 0 Å². The van der Waals surface area contributed by atoms with Crippen molar-refractivity contribution in [3.63, 3.8) is 0 Å². The highest BCUT2D eigenvalue weighted by Crippen LogP contribution is 2.45. The fourth-order valence-corrected chi connectivity index (χ4v) is 8.22. The lowest BCUT2D eigenvalue weighted by Gasteiger charge is -2.34. The van der Waals surface area contributed by atoms with Crippen LogP contribution in [-0.4, -0.2) is 46.4 Å². The van der Waals surface area contributed by atoms with Gasteiger partial charge in [0.15, 0.2) is 0 Å². The summed E-state index contributed by atoms with van der Waals surface area (Å²) >= 11 is 0. The summed E-state index contributed by atoms with van der Waals surface area (Å²) in [4.78, 5) is 3.68. The smallest absolute Gasteiger partial charge is 0.0770 e. The van der Waals surface area contributed by atoms with E-state index in [4.69, 9.17) is 0 Å². The average molecular weight is 853 g/mol. The molecule has 0 aromatic heterocycles. The van der Waals surface area contributed by atoms with E-state index < -0.39 is 7.12 Å². The lowest BCUT2D eigenvalue weighted by Crippen LogP contribution is -3.12. The van der Waals surface area contributed by atoms with Gasteiger partial charge in [-0.2, -0.15) is 0 Å². The number of hydrogen-bond acceptors (Lipinski definition) is 2. The summed E-state index contributed by atoms with van der Waals surface area (Å²) in [5.74, 6) is 0. The minimum atomic E-state index is -2.13. The Morgan fingerprint density at radius 1 is 0.349 bits per heavy atom. The number of rotatable bonds is 23. The molecule has 0 aliphatic carbocycles. The molecule has 0 amide bonds. The predicted octanol–water partition coefficient (Wildman–Crippen LogP) is 10.5. The number of nitrogens with one attached hydrogen (secondary N) is 2. The zero-order chi connectivity index (χ0) is 46.0. The van der Waals surface area contributed by atoms with Gasteiger partial charge in [-0.05, 0) is 111 Å². The topological polar surface area (TPSA) is 55.0 Å². The van der Waals surface area contributed by atoms with E-state index in [-0.39, 0.29) is 5.46 Å². The molecule has 0 aliphatic heterocycles. The molecule has 0 bridgehead atoms. The average Bonchev–Trinajstić information content (AvgIpc) is 3.29. The number of quaternary nitrogens is 2. The molecule has 63 heavy (non-hydrogen) atoms. The molecule has 0 heterocycles. The second-order valence-corrected chi connectivity index (χ2v) is 18.1. The Morgan fingerprint density at radius 3 is 0.873 bits per heavy atom. The van der Waals surface area contributed by atoms with Gasteiger partial charge < -0.3 is 19.8 Å². The Hall–Kier alpha value is -4.00. The van der Waals surface area contributed by atoms with Crippen molar-refractivity contribution in [1.29, 1.82) is 0 Å². The van der Waals surface area contributed by atoms with E-state index in [0.717, 1.165) is 55.6 Å². The standard InChI is InChI=1S/C34H29BO2.2C12H27N/c1-22-5-13-26(14-6-22)30-21-31(35(36)37)33(28-17-9-24(3)10-18-28)34(29-19-11-25(4)12-20-29)32(30)27-15-7-23(2)8-16-27;2*1-4-7-10-13(11-8-5-2)12-9-6-3/h5-21H,1-4H3;2*4-12H2,1-3H3/q-2;;/p+2. The summed E-state index contributed by atoms with van der Waals surface area (Å²) < 4.78 is 0. The molecular weight excluding hydrogens is 767 g/mol. The Labute approximate surface area is 386 Å². The molecule has 342 valence electrons. The molecule has 2 N–H and O–H groups in total. The van der Waals surface area contributed by atoms with Crippen LogP contribution in [0.5, 0.6) is 0 Å². The van der Waals surface area contributed by atoms with E-state index in [9.17, 15) is 10.0 Å². The molecule has 0 radical (unpaired) electrons. The van der Waals surface area contributed by atoms with Crippen molar-refractivity contribution in [2.24, 2.45) is 0 Å².